The molecule has 0 spiro atoms. The molecule has 34 heavy (non-hydrogen) atoms. The number of nitrogens with one attached hydrogen (secondary N) is 1. The molecule has 1 fully saturated rings. The third kappa shape index (κ3) is 5.22. The number of β-amino-alcohol motifs (C(OH)–C–C–N with tert-alkyl or cyclic N) is 1. The molecule has 176 valence electrons. The molecule has 2 amide bonds. The average Bonchev–Trinajstić information content (AvgIpc) is 2.82. The summed E-state index contributed by atoms with van der Waals surface area (Å²) in [5.74, 6) is -0.313. The van der Waals surface area contributed by atoms with Crippen LogP contribution in [-0.2, 0) is 11.2 Å². The quantitative estimate of drug-likeness (QED) is 0.431. The Balaban J connectivity index is 2.06. The molecule has 11 heteroatoms. The van der Waals surface area contributed by atoms with Crippen LogP contribution < -0.4 is 16.0 Å². The van der Waals surface area contributed by atoms with Crippen molar-refractivity contribution in [3.8, 4) is 12.1 Å². The Morgan fingerprint density at radius 2 is 1.97 bits per heavy atom. The predicted molar refractivity (Wildman–Crippen MR) is 125 cm³/mol. The maximum atomic E-state index is 12.3. The van der Waals surface area contributed by atoms with E-state index in [1.165, 1.54) is 0 Å². The number of amides is 2. The number of thioether (sulfide) groups is 1. The Bertz CT molecular complexity index is 1160. The zero-order chi connectivity index (χ0) is 24.8. The highest BCUT2D eigenvalue weighted by Gasteiger charge is 2.33. The van der Waals surface area contributed by atoms with E-state index in [1.54, 1.807) is 29.2 Å². The Morgan fingerprint density at radius 3 is 2.50 bits per heavy atom. The topological polar surface area (TPSA) is 176 Å². The van der Waals surface area contributed by atoms with E-state index in [-0.39, 0.29) is 28.5 Å². The summed E-state index contributed by atoms with van der Waals surface area (Å²) >= 11 is 1.04. The number of hydrogen-bond donors (Lipinski definition) is 4. The third-order valence-electron chi connectivity index (χ3n) is 5.61. The molecule has 2 heterocycles. The molecule has 1 saturated heterocycles. The lowest BCUT2D eigenvalue weighted by Crippen LogP contribution is -2.54. The van der Waals surface area contributed by atoms with Gasteiger partial charge in [-0.1, -0.05) is 49.0 Å². The average molecular weight is 481 g/mol. The number of carbonyl (C=O) groups excluding carboxylic acids is 1. The maximum absolute atomic E-state index is 12.3. The second kappa shape index (κ2) is 10.9. The summed E-state index contributed by atoms with van der Waals surface area (Å²) in [7, 11) is 0. The van der Waals surface area contributed by atoms with Crippen LogP contribution >= 0.6 is 11.8 Å². The van der Waals surface area contributed by atoms with Crippen LogP contribution in [0.5, 0.6) is 0 Å². The molecule has 10 nitrogen and oxygen atoms in total. The molecule has 3 rings (SSSR count). The van der Waals surface area contributed by atoms with E-state index in [4.69, 9.17) is 10.8 Å². The molecule has 1 aliphatic rings. The van der Waals surface area contributed by atoms with Crippen molar-refractivity contribution >= 4 is 29.6 Å². The first kappa shape index (κ1) is 24.8. The summed E-state index contributed by atoms with van der Waals surface area (Å²) in [5, 5.41) is 41.0. The molecule has 1 aromatic heterocycles. The van der Waals surface area contributed by atoms with Gasteiger partial charge >= 0.3 is 6.09 Å². The van der Waals surface area contributed by atoms with Crippen LogP contribution in [0.25, 0.3) is 0 Å². The molecule has 1 aromatic carbocycles. The molecule has 3 atom stereocenters. The summed E-state index contributed by atoms with van der Waals surface area (Å²) in [6, 6.07) is 12.5. The first-order valence-corrected chi connectivity index (χ1v) is 11.5. The third-order valence-corrected chi connectivity index (χ3v) is 6.87. The van der Waals surface area contributed by atoms with Gasteiger partial charge in [0.25, 0.3) is 0 Å². The van der Waals surface area contributed by atoms with Crippen molar-refractivity contribution in [1.82, 2.24) is 10.3 Å². The van der Waals surface area contributed by atoms with Gasteiger partial charge in [-0.25, -0.2) is 9.78 Å². The maximum Gasteiger partial charge on any atom is 0.404 e. The number of pyridine rings is 1. The normalized spacial score (nSPS) is 18.4. The SMILES string of the molecule is CCc1c(C#N)c(SC(C(N)=O)c2ccccc2)nc(N2CC[C@@H](NC(=O)O)[C@H](O)C2)c1C#N. The van der Waals surface area contributed by atoms with Crippen LogP contribution in [-0.4, -0.2) is 52.4 Å². The van der Waals surface area contributed by atoms with Gasteiger partial charge in [-0.15, -0.1) is 0 Å². The highest BCUT2D eigenvalue weighted by Crippen LogP contribution is 2.39. The minimum absolute atomic E-state index is 0.0454. The number of carbonyl (C=O) groups is 2. The molecule has 1 unspecified atom stereocenters. The minimum atomic E-state index is -1.22. The number of rotatable bonds is 7. The van der Waals surface area contributed by atoms with Crippen molar-refractivity contribution < 1.29 is 19.8 Å². The van der Waals surface area contributed by atoms with Crippen LogP contribution in [0.3, 0.4) is 0 Å². The van der Waals surface area contributed by atoms with Gasteiger partial charge in [0.05, 0.1) is 23.3 Å². The fraction of sp³-hybridized carbons (Fsp3) is 0.348. The summed E-state index contributed by atoms with van der Waals surface area (Å²) in [5.41, 5.74) is 7.24. The number of aromatic nitrogens is 1. The van der Waals surface area contributed by atoms with E-state index in [0.29, 0.717) is 30.5 Å². The van der Waals surface area contributed by atoms with Crippen molar-refractivity contribution in [2.45, 2.75) is 42.2 Å². The number of benzene rings is 1. The van der Waals surface area contributed by atoms with Crippen LogP contribution in [0.2, 0.25) is 0 Å². The van der Waals surface area contributed by atoms with Gasteiger partial charge in [0.2, 0.25) is 5.91 Å². The van der Waals surface area contributed by atoms with Crippen LogP contribution in [0, 0.1) is 22.7 Å². The fourth-order valence-corrected chi connectivity index (χ4v) is 5.04. The van der Waals surface area contributed by atoms with Gasteiger partial charge in [0, 0.05) is 13.1 Å². The molecule has 0 saturated carbocycles. The number of piperidine rings is 1. The van der Waals surface area contributed by atoms with Crippen molar-refractivity contribution in [3.05, 3.63) is 52.6 Å². The first-order valence-electron chi connectivity index (χ1n) is 10.6. The molecular weight excluding hydrogens is 456 g/mol. The predicted octanol–water partition coefficient (Wildman–Crippen LogP) is 1.91. The first-order chi connectivity index (χ1) is 16.3. The van der Waals surface area contributed by atoms with E-state index in [2.05, 4.69) is 22.4 Å². The number of hydrogen-bond acceptors (Lipinski definition) is 8. The minimum Gasteiger partial charge on any atom is -0.465 e. The van der Waals surface area contributed by atoms with Gasteiger partial charge in [0.1, 0.15) is 28.2 Å². The van der Waals surface area contributed by atoms with Crippen LogP contribution in [0.15, 0.2) is 35.4 Å². The standard InChI is InChI=1S/C23H24N6O4S/c1-2-14-15(10-24)21(29-9-8-17(18(30)12-29)27-23(32)33)28-22(16(14)11-25)34-19(20(26)31)13-6-4-3-5-7-13/h3-7,17-19,27,30H,2,8-9,12H2,1H3,(H2,26,31)(H,32,33)/t17-,18-,19?/m1/s1. The lowest BCUT2D eigenvalue weighted by Gasteiger charge is -2.37. The summed E-state index contributed by atoms with van der Waals surface area (Å²) in [4.78, 5) is 29.6. The molecule has 0 aliphatic carbocycles. The zero-order valence-corrected chi connectivity index (χ0v) is 19.2. The van der Waals surface area contributed by atoms with Gasteiger partial charge in [-0.05, 0) is 24.0 Å². The Hall–Kier alpha value is -3.80. The van der Waals surface area contributed by atoms with E-state index >= 15 is 0 Å². The van der Waals surface area contributed by atoms with Gasteiger partial charge in [-0.2, -0.15) is 10.5 Å². The molecule has 0 bridgehead atoms. The largest absolute Gasteiger partial charge is 0.465 e. The number of aliphatic hydroxyl groups is 1. The molecule has 2 aromatic rings. The lowest BCUT2D eigenvalue weighted by molar-refractivity contribution is -0.117. The molecule has 5 N–H and O–H groups in total. The summed E-state index contributed by atoms with van der Waals surface area (Å²) in [6.45, 7) is 2.19. The number of aliphatic hydroxyl groups excluding tert-OH is 1. The van der Waals surface area contributed by atoms with Crippen molar-refractivity contribution in [1.29, 1.82) is 10.5 Å². The summed E-state index contributed by atoms with van der Waals surface area (Å²) < 4.78 is 0. The zero-order valence-electron chi connectivity index (χ0n) is 18.4. The van der Waals surface area contributed by atoms with Crippen molar-refractivity contribution in [2.75, 3.05) is 18.0 Å². The highest BCUT2D eigenvalue weighted by atomic mass is 32.2. The number of carboxylic acid groups (broad SMARTS) is 1. The van der Waals surface area contributed by atoms with E-state index in [1.807, 2.05) is 13.0 Å². The number of primary amides is 1. The van der Waals surface area contributed by atoms with Crippen LogP contribution in [0.4, 0.5) is 10.6 Å². The lowest BCUT2D eigenvalue weighted by atomic mass is 9.98. The van der Waals surface area contributed by atoms with E-state index < -0.39 is 29.4 Å². The number of nitrogens with zero attached hydrogens (tertiary/aromatic N) is 4. The molecule has 0 radical (unpaired) electrons. The number of anilines is 1. The van der Waals surface area contributed by atoms with Gasteiger partial charge in [0.15, 0.2) is 0 Å². The Kier molecular flexibility index (Phi) is 7.95. The van der Waals surface area contributed by atoms with E-state index in [9.17, 15) is 25.2 Å². The second-order valence-electron chi connectivity index (χ2n) is 7.72. The second-order valence-corrected chi connectivity index (χ2v) is 8.81. The smallest absolute Gasteiger partial charge is 0.404 e. The van der Waals surface area contributed by atoms with Crippen LogP contribution in [0.1, 0.15) is 40.8 Å². The number of nitriles is 2. The number of nitrogens with two attached hydrogens (primary N) is 1. The van der Waals surface area contributed by atoms with E-state index in [0.717, 1.165) is 11.8 Å². The van der Waals surface area contributed by atoms with Gasteiger partial charge < -0.3 is 26.2 Å². The summed E-state index contributed by atoms with van der Waals surface area (Å²) in [6.07, 6.45) is -1.56. The Labute approximate surface area is 201 Å². The van der Waals surface area contributed by atoms with Crippen molar-refractivity contribution in [3.63, 3.8) is 0 Å². The molecule has 1 aliphatic heterocycles. The highest BCUT2D eigenvalue weighted by molar-refractivity contribution is 8.00. The van der Waals surface area contributed by atoms with Crippen molar-refractivity contribution in [2.24, 2.45) is 5.73 Å². The Morgan fingerprint density at radius 1 is 1.29 bits per heavy atom. The monoisotopic (exact) mass is 480 g/mol. The molecular formula is C23H24N6O4S. The fourth-order valence-electron chi connectivity index (χ4n) is 3.98. The van der Waals surface area contributed by atoms with Gasteiger partial charge in [-0.3, -0.25) is 4.79 Å².